The highest BCUT2D eigenvalue weighted by Gasteiger charge is 2.88. The Balaban J connectivity index is 1.51. The molecule has 2 aliphatic heterocycles. The Kier molecular flexibility index (Phi) is 4.17. The number of rotatable bonds is 1. The van der Waals surface area contributed by atoms with Gasteiger partial charge >= 0.3 is 5.97 Å². The van der Waals surface area contributed by atoms with Crippen LogP contribution in [-0.2, 0) is 14.3 Å². The maximum Gasteiger partial charge on any atom is 0.339 e. The number of furan rings is 1. The van der Waals surface area contributed by atoms with E-state index < -0.39 is 57.8 Å². The number of aliphatic hydroxyl groups is 3. The van der Waals surface area contributed by atoms with Crippen LogP contribution in [0.25, 0.3) is 0 Å². The molecule has 3 saturated carbocycles. The van der Waals surface area contributed by atoms with Crippen molar-refractivity contribution in [3.8, 4) is 0 Å². The fourth-order valence-corrected chi connectivity index (χ4v) is 9.48. The van der Waals surface area contributed by atoms with Gasteiger partial charge in [-0.3, -0.25) is 0 Å². The quantitative estimate of drug-likeness (QED) is 0.436. The third kappa shape index (κ3) is 2.20. The predicted octanol–water partition coefficient (Wildman–Crippen LogP) is 2.98. The van der Waals surface area contributed by atoms with E-state index in [0.29, 0.717) is 12.8 Å². The number of hydrogen-bond acceptors (Lipinski definition) is 7. The van der Waals surface area contributed by atoms with Gasteiger partial charge in [-0.15, -0.1) is 0 Å². The first-order chi connectivity index (χ1) is 15.4. The molecular weight excluding hydrogens is 424 g/mol. The highest BCUT2D eigenvalue weighted by Crippen LogP contribution is 2.80. The maximum absolute atomic E-state index is 13.1. The Morgan fingerprint density at radius 3 is 2.33 bits per heavy atom. The number of cyclic esters (lactones) is 1. The Morgan fingerprint density at radius 1 is 0.939 bits per heavy atom. The van der Waals surface area contributed by atoms with Gasteiger partial charge in [0.2, 0.25) is 0 Å². The SMILES string of the molecule is CC1(C)C(O)CC(O)[C@]2(C)C1CC(O)[C@]1(C)C2CC[C@@]2(C)C(c3ccoc3)OC(=O)C3O[C@]312. The Bertz CT molecular complexity index is 989. The summed E-state index contributed by atoms with van der Waals surface area (Å²) < 4.78 is 17.6. The summed E-state index contributed by atoms with van der Waals surface area (Å²) in [5.74, 6) is -0.524. The lowest BCUT2D eigenvalue weighted by atomic mass is 9.34. The molecule has 6 rings (SSSR count). The van der Waals surface area contributed by atoms with E-state index in [4.69, 9.17) is 13.9 Å². The molecule has 11 atom stereocenters. The first-order valence-corrected chi connectivity index (χ1v) is 12.3. The molecule has 182 valence electrons. The topological polar surface area (TPSA) is 113 Å². The van der Waals surface area contributed by atoms with Crippen molar-refractivity contribution in [1.29, 1.82) is 0 Å². The average molecular weight is 461 g/mol. The summed E-state index contributed by atoms with van der Waals surface area (Å²) in [7, 11) is 0. The molecule has 3 aliphatic carbocycles. The smallest absolute Gasteiger partial charge is 0.339 e. The number of carbonyl (C=O) groups excluding carboxylic acids is 1. The lowest BCUT2D eigenvalue weighted by Gasteiger charge is -2.71. The van der Waals surface area contributed by atoms with Crippen molar-refractivity contribution in [3.05, 3.63) is 24.2 Å². The third-order valence-electron chi connectivity index (χ3n) is 11.4. The summed E-state index contributed by atoms with van der Waals surface area (Å²) in [5, 5.41) is 34.1. The van der Waals surface area contributed by atoms with Gasteiger partial charge in [-0.05, 0) is 42.6 Å². The molecule has 0 amide bonds. The molecule has 2 saturated heterocycles. The molecule has 3 N–H and O–H groups in total. The molecule has 7 nitrogen and oxygen atoms in total. The maximum atomic E-state index is 13.1. The van der Waals surface area contributed by atoms with Crippen LogP contribution in [0.5, 0.6) is 0 Å². The van der Waals surface area contributed by atoms with E-state index in [1.165, 1.54) is 0 Å². The summed E-state index contributed by atoms with van der Waals surface area (Å²) in [6.07, 6.45) is 2.17. The minimum Gasteiger partial charge on any atom is -0.472 e. The minimum atomic E-state index is -0.881. The van der Waals surface area contributed by atoms with Crippen molar-refractivity contribution in [1.82, 2.24) is 0 Å². The molecule has 33 heavy (non-hydrogen) atoms. The Morgan fingerprint density at radius 2 is 1.67 bits per heavy atom. The minimum absolute atomic E-state index is 0.0602. The van der Waals surface area contributed by atoms with Crippen LogP contribution < -0.4 is 0 Å². The number of esters is 1. The Hall–Kier alpha value is -1.41. The number of fused-ring (bicyclic) bond motifs is 3. The fraction of sp³-hybridized carbons (Fsp3) is 0.808. The molecule has 7 heteroatoms. The zero-order chi connectivity index (χ0) is 23.8. The van der Waals surface area contributed by atoms with Crippen LogP contribution in [0.4, 0.5) is 0 Å². The number of carbonyl (C=O) groups is 1. The molecule has 0 bridgehead atoms. The van der Waals surface area contributed by atoms with Crippen LogP contribution in [0.2, 0.25) is 0 Å². The van der Waals surface area contributed by atoms with Crippen molar-refractivity contribution in [2.75, 3.05) is 0 Å². The van der Waals surface area contributed by atoms with Gasteiger partial charge in [0.1, 0.15) is 11.7 Å². The van der Waals surface area contributed by atoms with Gasteiger partial charge in [0.25, 0.3) is 0 Å². The van der Waals surface area contributed by atoms with Crippen molar-refractivity contribution in [3.63, 3.8) is 0 Å². The van der Waals surface area contributed by atoms with Gasteiger partial charge in [-0.25, -0.2) is 4.79 Å². The average Bonchev–Trinajstić information content (AvgIpc) is 3.32. The zero-order valence-electron chi connectivity index (χ0n) is 20.1. The molecule has 5 fully saturated rings. The summed E-state index contributed by atoms with van der Waals surface area (Å²) in [5.41, 5.74) is -2.33. The zero-order valence-corrected chi connectivity index (χ0v) is 20.1. The van der Waals surface area contributed by atoms with Crippen molar-refractivity contribution in [2.45, 2.75) is 96.4 Å². The van der Waals surface area contributed by atoms with E-state index in [9.17, 15) is 20.1 Å². The van der Waals surface area contributed by atoms with Crippen molar-refractivity contribution in [2.24, 2.45) is 33.5 Å². The van der Waals surface area contributed by atoms with Gasteiger partial charge in [0.05, 0.1) is 30.8 Å². The van der Waals surface area contributed by atoms with E-state index in [-0.39, 0.29) is 17.8 Å². The second kappa shape index (κ2) is 6.23. The Labute approximate surface area is 194 Å². The molecule has 1 aromatic heterocycles. The van der Waals surface area contributed by atoms with Crippen LogP contribution in [-0.4, -0.2) is 51.3 Å². The molecule has 0 radical (unpaired) electrons. The molecule has 0 aromatic carbocycles. The van der Waals surface area contributed by atoms with E-state index in [2.05, 4.69) is 34.6 Å². The number of hydrogen-bond donors (Lipinski definition) is 3. The second-order valence-electron chi connectivity index (χ2n) is 12.7. The summed E-state index contributed by atoms with van der Waals surface area (Å²) in [6, 6.07) is 1.83. The number of ether oxygens (including phenoxy) is 2. The molecule has 1 aromatic rings. The van der Waals surface area contributed by atoms with E-state index in [1.807, 2.05) is 6.07 Å². The lowest BCUT2D eigenvalue weighted by Crippen LogP contribution is -2.75. The highest BCUT2D eigenvalue weighted by atomic mass is 16.7. The summed E-state index contributed by atoms with van der Waals surface area (Å²) >= 11 is 0. The van der Waals surface area contributed by atoms with Crippen molar-refractivity contribution >= 4 is 5.97 Å². The van der Waals surface area contributed by atoms with Crippen LogP contribution in [0.3, 0.4) is 0 Å². The monoisotopic (exact) mass is 460 g/mol. The molecular formula is C26H36O7. The predicted molar refractivity (Wildman–Crippen MR) is 117 cm³/mol. The van der Waals surface area contributed by atoms with Crippen LogP contribution in [0, 0.1) is 33.5 Å². The number of epoxide rings is 1. The van der Waals surface area contributed by atoms with Gasteiger partial charge in [-0.1, -0.05) is 34.6 Å². The van der Waals surface area contributed by atoms with Crippen LogP contribution in [0.15, 0.2) is 23.0 Å². The summed E-state index contributed by atoms with van der Waals surface area (Å²) in [4.78, 5) is 13.1. The normalized spacial score (nSPS) is 56.6. The first-order valence-electron chi connectivity index (χ1n) is 12.3. The van der Waals surface area contributed by atoms with Crippen molar-refractivity contribution < 1.29 is 34.0 Å². The van der Waals surface area contributed by atoms with Gasteiger partial charge in [0.15, 0.2) is 6.10 Å². The largest absolute Gasteiger partial charge is 0.472 e. The van der Waals surface area contributed by atoms with E-state index in [0.717, 1.165) is 18.4 Å². The molecule has 3 heterocycles. The molecule has 5 aliphatic rings. The molecule has 1 spiro atoms. The van der Waals surface area contributed by atoms with E-state index in [1.54, 1.807) is 12.5 Å². The van der Waals surface area contributed by atoms with Gasteiger partial charge in [0, 0.05) is 28.2 Å². The van der Waals surface area contributed by atoms with E-state index >= 15 is 0 Å². The molecule has 7 unspecified atom stereocenters. The first kappa shape index (κ1) is 22.1. The van der Waals surface area contributed by atoms with Crippen LogP contribution >= 0.6 is 0 Å². The van der Waals surface area contributed by atoms with Gasteiger partial charge < -0.3 is 29.2 Å². The summed E-state index contributed by atoms with van der Waals surface area (Å²) in [6.45, 7) is 10.4. The third-order valence-corrected chi connectivity index (χ3v) is 11.4. The van der Waals surface area contributed by atoms with Gasteiger partial charge in [-0.2, -0.15) is 0 Å². The second-order valence-corrected chi connectivity index (χ2v) is 12.7. The number of aliphatic hydroxyl groups excluding tert-OH is 3. The standard InChI is InChI=1S/C26H36O7/c1-22(2)15-10-18(29)25(5)14(24(15,4)17(28)11-16(22)27)6-8-23(3)19(13-7-9-31-12-13)32-21(30)20-26(23,25)33-20/h7,9,12,14-20,27-29H,6,8,10-11H2,1-5H3/t14?,15?,16?,17?,18?,19?,20?,23-,24-,25-,26-/m0/s1. The van der Waals surface area contributed by atoms with Crippen LogP contribution in [0.1, 0.15) is 72.0 Å². The highest BCUT2D eigenvalue weighted by molar-refractivity contribution is 5.82. The fourth-order valence-electron chi connectivity index (χ4n) is 9.48. The lowest BCUT2D eigenvalue weighted by molar-refractivity contribution is -0.293.